The van der Waals surface area contributed by atoms with Crippen LogP contribution in [0.25, 0.3) is 0 Å². The molecule has 3 N–H and O–H groups in total. The zero-order valence-corrected chi connectivity index (χ0v) is 8.47. The number of hydrogen-bond donors (Lipinski definition) is 3. The zero-order valence-electron chi connectivity index (χ0n) is 8.47. The maximum Gasteiger partial charge on any atom is 0.220 e. The van der Waals surface area contributed by atoms with Crippen LogP contribution in [0.4, 0.5) is 0 Å². The number of hydrogen-bond acceptors (Lipinski definition) is 3. The molecule has 0 rings (SSSR count). The van der Waals surface area contributed by atoms with Crippen LogP contribution in [0.5, 0.6) is 0 Å². The number of aliphatic hydroxyl groups excluding tert-OH is 1. The SMILES string of the molecule is CC(C)CC(=O)NCCNCCO. The third-order valence-corrected chi connectivity index (χ3v) is 1.51. The molecule has 0 aliphatic heterocycles. The number of carbonyl (C=O) groups excluding carboxylic acids is 1. The predicted octanol–water partition coefficient (Wildman–Crippen LogP) is -0.269. The quantitative estimate of drug-likeness (QED) is 0.482. The minimum atomic E-state index is 0.0980. The van der Waals surface area contributed by atoms with Gasteiger partial charge >= 0.3 is 0 Å². The highest BCUT2D eigenvalue weighted by Gasteiger charge is 2.02. The van der Waals surface area contributed by atoms with Crippen molar-refractivity contribution in [3.63, 3.8) is 0 Å². The van der Waals surface area contributed by atoms with Crippen molar-refractivity contribution in [2.75, 3.05) is 26.2 Å². The third-order valence-electron chi connectivity index (χ3n) is 1.51. The summed E-state index contributed by atoms with van der Waals surface area (Å²) < 4.78 is 0. The molecule has 0 saturated carbocycles. The Labute approximate surface area is 79.7 Å². The Morgan fingerprint density at radius 1 is 1.31 bits per heavy atom. The molecule has 78 valence electrons. The van der Waals surface area contributed by atoms with Gasteiger partial charge in [0.25, 0.3) is 0 Å². The Kier molecular flexibility index (Phi) is 7.63. The molecular weight excluding hydrogens is 168 g/mol. The van der Waals surface area contributed by atoms with Gasteiger partial charge in [-0.1, -0.05) is 13.8 Å². The summed E-state index contributed by atoms with van der Waals surface area (Å²) in [5.41, 5.74) is 0. The van der Waals surface area contributed by atoms with E-state index in [4.69, 9.17) is 5.11 Å². The van der Waals surface area contributed by atoms with Gasteiger partial charge in [0.2, 0.25) is 5.91 Å². The molecule has 0 spiro atoms. The van der Waals surface area contributed by atoms with E-state index in [1.807, 2.05) is 13.8 Å². The van der Waals surface area contributed by atoms with E-state index < -0.39 is 0 Å². The van der Waals surface area contributed by atoms with Crippen LogP contribution < -0.4 is 10.6 Å². The van der Waals surface area contributed by atoms with Crippen LogP contribution in [0.1, 0.15) is 20.3 Å². The molecule has 0 unspecified atom stereocenters. The Hall–Kier alpha value is -0.610. The molecule has 0 aliphatic rings. The summed E-state index contributed by atoms with van der Waals surface area (Å²) in [7, 11) is 0. The van der Waals surface area contributed by atoms with Gasteiger partial charge in [-0.2, -0.15) is 0 Å². The molecule has 0 bridgehead atoms. The Morgan fingerprint density at radius 3 is 2.54 bits per heavy atom. The minimum absolute atomic E-state index is 0.0980. The fourth-order valence-electron chi connectivity index (χ4n) is 0.937. The molecule has 0 heterocycles. The number of rotatable bonds is 7. The first kappa shape index (κ1) is 12.4. The fourth-order valence-corrected chi connectivity index (χ4v) is 0.937. The van der Waals surface area contributed by atoms with E-state index in [9.17, 15) is 4.79 Å². The molecule has 0 aliphatic carbocycles. The number of aliphatic hydroxyl groups is 1. The molecule has 0 aromatic heterocycles. The Bertz CT molecular complexity index is 138. The first-order chi connectivity index (χ1) is 6.16. The summed E-state index contributed by atoms with van der Waals surface area (Å²) in [6.07, 6.45) is 0.583. The summed E-state index contributed by atoms with van der Waals surface area (Å²) in [6.45, 7) is 6.10. The molecule has 0 atom stereocenters. The van der Waals surface area contributed by atoms with Gasteiger partial charge in [-0.05, 0) is 5.92 Å². The minimum Gasteiger partial charge on any atom is -0.395 e. The van der Waals surface area contributed by atoms with Gasteiger partial charge in [0, 0.05) is 26.1 Å². The van der Waals surface area contributed by atoms with Crippen LogP contribution >= 0.6 is 0 Å². The first-order valence-electron chi connectivity index (χ1n) is 4.75. The molecular formula is C9H20N2O2. The van der Waals surface area contributed by atoms with Gasteiger partial charge in [-0.25, -0.2) is 0 Å². The highest BCUT2D eigenvalue weighted by molar-refractivity contribution is 5.75. The van der Waals surface area contributed by atoms with Crippen molar-refractivity contribution < 1.29 is 9.90 Å². The van der Waals surface area contributed by atoms with Crippen LogP contribution in [-0.4, -0.2) is 37.3 Å². The topological polar surface area (TPSA) is 61.4 Å². The molecule has 0 radical (unpaired) electrons. The van der Waals surface area contributed by atoms with Crippen LogP contribution in [0, 0.1) is 5.92 Å². The van der Waals surface area contributed by atoms with Crippen molar-refractivity contribution in [2.45, 2.75) is 20.3 Å². The maximum atomic E-state index is 11.1. The van der Waals surface area contributed by atoms with Gasteiger partial charge in [0.1, 0.15) is 0 Å². The number of carbonyl (C=O) groups is 1. The molecule has 4 heteroatoms. The van der Waals surface area contributed by atoms with Crippen LogP contribution in [-0.2, 0) is 4.79 Å². The molecule has 0 aromatic carbocycles. The molecule has 0 fully saturated rings. The number of amides is 1. The van der Waals surface area contributed by atoms with Gasteiger partial charge in [0.15, 0.2) is 0 Å². The summed E-state index contributed by atoms with van der Waals surface area (Å²) in [5.74, 6) is 0.506. The van der Waals surface area contributed by atoms with Crippen molar-refractivity contribution in [3.8, 4) is 0 Å². The summed E-state index contributed by atoms with van der Waals surface area (Å²) in [5, 5.41) is 14.2. The average molecular weight is 188 g/mol. The van der Waals surface area contributed by atoms with E-state index in [0.717, 1.165) is 0 Å². The van der Waals surface area contributed by atoms with E-state index in [1.165, 1.54) is 0 Å². The van der Waals surface area contributed by atoms with E-state index in [2.05, 4.69) is 10.6 Å². The van der Waals surface area contributed by atoms with Crippen molar-refractivity contribution in [3.05, 3.63) is 0 Å². The second kappa shape index (κ2) is 8.01. The fraction of sp³-hybridized carbons (Fsp3) is 0.889. The van der Waals surface area contributed by atoms with Crippen molar-refractivity contribution >= 4 is 5.91 Å². The van der Waals surface area contributed by atoms with E-state index >= 15 is 0 Å². The normalized spacial score (nSPS) is 10.5. The van der Waals surface area contributed by atoms with Crippen LogP contribution in [0.3, 0.4) is 0 Å². The van der Waals surface area contributed by atoms with Crippen molar-refractivity contribution in [2.24, 2.45) is 5.92 Å². The summed E-state index contributed by atoms with van der Waals surface area (Å²) in [4.78, 5) is 11.1. The smallest absolute Gasteiger partial charge is 0.220 e. The lowest BCUT2D eigenvalue weighted by Crippen LogP contribution is -2.33. The van der Waals surface area contributed by atoms with Gasteiger partial charge < -0.3 is 15.7 Å². The monoisotopic (exact) mass is 188 g/mol. The molecule has 0 aromatic rings. The third kappa shape index (κ3) is 9.30. The second-order valence-electron chi connectivity index (χ2n) is 3.42. The number of nitrogens with one attached hydrogen (secondary N) is 2. The molecule has 1 amide bonds. The highest BCUT2D eigenvalue weighted by Crippen LogP contribution is 1.97. The molecule has 13 heavy (non-hydrogen) atoms. The largest absolute Gasteiger partial charge is 0.395 e. The van der Waals surface area contributed by atoms with Gasteiger partial charge in [-0.3, -0.25) is 4.79 Å². The van der Waals surface area contributed by atoms with E-state index in [1.54, 1.807) is 0 Å². The second-order valence-corrected chi connectivity index (χ2v) is 3.42. The lowest BCUT2D eigenvalue weighted by molar-refractivity contribution is -0.121. The highest BCUT2D eigenvalue weighted by atomic mass is 16.3. The van der Waals surface area contributed by atoms with Crippen molar-refractivity contribution in [1.29, 1.82) is 0 Å². The lowest BCUT2D eigenvalue weighted by Gasteiger charge is -2.07. The first-order valence-corrected chi connectivity index (χ1v) is 4.75. The van der Waals surface area contributed by atoms with Crippen LogP contribution in [0.15, 0.2) is 0 Å². The Balaban J connectivity index is 3.17. The molecule has 4 nitrogen and oxygen atoms in total. The van der Waals surface area contributed by atoms with Crippen molar-refractivity contribution in [1.82, 2.24) is 10.6 Å². The van der Waals surface area contributed by atoms with E-state index in [-0.39, 0.29) is 12.5 Å². The lowest BCUT2D eigenvalue weighted by atomic mass is 10.1. The van der Waals surface area contributed by atoms with Gasteiger partial charge in [-0.15, -0.1) is 0 Å². The zero-order chi connectivity index (χ0) is 10.1. The average Bonchev–Trinajstić information content (AvgIpc) is 2.02. The summed E-state index contributed by atoms with van der Waals surface area (Å²) >= 11 is 0. The van der Waals surface area contributed by atoms with Crippen LogP contribution in [0.2, 0.25) is 0 Å². The molecule has 0 saturated heterocycles. The maximum absolute atomic E-state index is 11.1. The predicted molar refractivity (Wildman–Crippen MR) is 52.4 cm³/mol. The Morgan fingerprint density at radius 2 is 2.00 bits per heavy atom. The standard InChI is InChI=1S/C9H20N2O2/c1-8(2)7-9(13)11-4-3-10-5-6-12/h8,10,12H,3-7H2,1-2H3,(H,11,13). The van der Waals surface area contributed by atoms with Gasteiger partial charge in [0.05, 0.1) is 6.61 Å². The summed E-state index contributed by atoms with van der Waals surface area (Å²) in [6, 6.07) is 0. The van der Waals surface area contributed by atoms with E-state index in [0.29, 0.717) is 32.0 Å².